The molecule has 0 aliphatic rings. The van der Waals surface area contributed by atoms with Crippen LogP contribution >= 0.6 is 41.7 Å². The van der Waals surface area contributed by atoms with Crippen molar-refractivity contribution in [3.8, 4) is 11.2 Å². The Balaban J connectivity index is 2.82. The fraction of sp³-hybridized carbons (Fsp3) is 0. The van der Waals surface area contributed by atoms with Gasteiger partial charge in [0, 0.05) is 27.4 Å². The average molecular weight is 296 g/mol. The smallest absolute Gasteiger partial charge is 0.114 e. The minimum absolute atomic E-state index is 0.637. The molecule has 4 heteroatoms. The molecule has 1 aromatic heterocycles. The third-order valence-electron chi connectivity index (χ3n) is 0.945. The lowest BCUT2D eigenvalue weighted by Gasteiger charge is -1.87. The van der Waals surface area contributed by atoms with Gasteiger partial charge in [0.15, 0.2) is 0 Å². The van der Waals surface area contributed by atoms with E-state index in [4.69, 9.17) is 11.6 Å². The first-order valence-corrected chi connectivity index (χ1v) is 6.47. The minimum atomic E-state index is 0.637. The molecule has 0 aliphatic carbocycles. The number of halogens is 2. The zero-order valence-electron chi connectivity index (χ0n) is 5.34. The second-order valence-electron chi connectivity index (χ2n) is 1.67. The zero-order chi connectivity index (χ0) is 8.10. The van der Waals surface area contributed by atoms with Crippen LogP contribution in [0.25, 0.3) is 0 Å². The summed E-state index contributed by atoms with van der Waals surface area (Å²) in [6.07, 6.45) is 1.59. The Morgan fingerprint density at radius 3 is 2.91 bits per heavy atom. The van der Waals surface area contributed by atoms with E-state index in [0.717, 1.165) is 5.69 Å². The first kappa shape index (κ1) is 9.17. The van der Waals surface area contributed by atoms with Gasteiger partial charge in [-0.1, -0.05) is 11.6 Å². The van der Waals surface area contributed by atoms with E-state index in [1.807, 2.05) is 0 Å². The molecule has 0 aliphatic heterocycles. The van der Waals surface area contributed by atoms with Crippen molar-refractivity contribution in [1.82, 2.24) is 4.98 Å². The SMILES string of the molecule is Clc1ccc(C#CSI)nc1. The number of hydrogen-bond acceptors (Lipinski definition) is 2. The number of aromatic nitrogens is 1. The van der Waals surface area contributed by atoms with Gasteiger partial charge in [-0.2, -0.15) is 0 Å². The van der Waals surface area contributed by atoms with Gasteiger partial charge in [0.1, 0.15) is 5.69 Å². The van der Waals surface area contributed by atoms with Crippen LogP contribution in [0, 0.1) is 11.2 Å². The molecule has 0 amide bonds. The van der Waals surface area contributed by atoms with E-state index in [0.29, 0.717) is 5.02 Å². The molecule has 0 saturated heterocycles. The fourth-order valence-corrected chi connectivity index (χ4v) is 1.11. The van der Waals surface area contributed by atoms with Gasteiger partial charge >= 0.3 is 0 Å². The molecule has 1 nitrogen and oxygen atoms in total. The van der Waals surface area contributed by atoms with Crippen molar-refractivity contribution in [3.05, 3.63) is 29.0 Å². The van der Waals surface area contributed by atoms with E-state index in [-0.39, 0.29) is 0 Å². The zero-order valence-corrected chi connectivity index (χ0v) is 9.07. The van der Waals surface area contributed by atoms with E-state index >= 15 is 0 Å². The van der Waals surface area contributed by atoms with Gasteiger partial charge < -0.3 is 0 Å². The summed E-state index contributed by atoms with van der Waals surface area (Å²) in [7, 11) is 1.44. The molecule has 11 heavy (non-hydrogen) atoms. The molecule has 1 aromatic rings. The average Bonchev–Trinajstić information content (AvgIpc) is 2.04. The van der Waals surface area contributed by atoms with Crippen LogP contribution in [-0.2, 0) is 0 Å². The largest absolute Gasteiger partial charge is 0.246 e. The summed E-state index contributed by atoms with van der Waals surface area (Å²) in [6.45, 7) is 0. The van der Waals surface area contributed by atoms with Gasteiger partial charge in [-0.05, 0) is 32.2 Å². The van der Waals surface area contributed by atoms with Gasteiger partial charge in [-0.15, -0.1) is 0 Å². The minimum Gasteiger partial charge on any atom is -0.246 e. The van der Waals surface area contributed by atoms with Crippen molar-refractivity contribution < 1.29 is 0 Å². The highest BCUT2D eigenvalue weighted by molar-refractivity contribution is 14.2. The first-order valence-electron chi connectivity index (χ1n) is 2.73. The maximum atomic E-state index is 5.63. The fourth-order valence-electron chi connectivity index (χ4n) is 0.521. The molecular formula is C7H3ClINS. The molecule has 0 fully saturated rings. The Morgan fingerprint density at radius 2 is 2.36 bits per heavy atom. The lowest BCUT2D eigenvalue weighted by Crippen LogP contribution is -1.78. The molecule has 56 valence electrons. The normalized spacial score (nSPS) is 8.55. The van der Waals surface area contributed by atoms with Crippen LogP contribution in [0.15, 0.2) is 18.3 Å². The van der Waals surface area contributed by atoms with Crippen molar-refractivity contribution in [1.29, 1.82) is 0 Å². The van der Waals surface area contributed by atoms with Gasteiger partial charge in [0.05, 0.1) is 5.02 Å². The van der Waals surface area contributed by atoms with Crippen molar-refractivity contribution in [3.63, 3.8) is 0 Å². The number of rotatable bonds is 0. The second kappa shape index (κ2) is 4.86. The first-order chi connectivity index (χ1) is 5.33. The predicted molar refractivity (Wildman–Crippen MR) is 57.7 cm³/mol. The molecular weight excluding hydrogens is 293 g/mol. The van der Waals surface area contributed by atoms with Crippen LogP contribution in [0.5, 0.6) is 0 Å². The summed E-state index contributed by atoms with van der Waals surface area (Å²) in [6, 6.07) is 3.57. The molecule has 0 N–H and O–H groups in total. The predicted octanol–water partition coefficient (Wildman–Crippen LogP) is 3.13. The van der Waals surface area contributed by atoms with Crippen LogP contribution in [0.2, 0.25) is 5.02 Å². The summed E-state index contributed by atoms with van der Waals surface area (Å²) >= 11 is 7.74. The topological polar surface area (TPSA) is 12.9 Å². The Hall–Kier alpha value is 0.0800. The van der Waals surface area contributed by atoms with Crippen molar-refractivity contribution in [2.45, 2.75) is 0 Å². The third-order valence-corrected chi connectivity index (χ3v) is 2.01. The van der Waals surface area contributed by atoms with Crippen LogP contribution in [0.4, 0.5) is 0 Å². The molecule has 0 aromatic carbocycles. The Kier molecular flexibility index (Phi) is 4.05. The van der Waals surface area contributed by atoms with Crippen molar-refractivity contribution in [2.75, 3.05) is 0 Å². The Morgan fingerprint density at radius 1 is 1.55 bits per heavy atom. The lowest BCUT2D eigenvalue weighted by atomic mass is 10.4. The van der Waals surface area contributed by atoms with Crippen LogP contribution in [-0.4, -0.2) is 4.98 Å². The molecule has 0 radical (unpaired) electrons. The summed E-state index contributed by atoms with van der Waals surface area (Å²) in [5, 5.41) is 3.47. The Labute approximate surface area is 86.5 Å². The number of pyridine rings is 1. The summed E-state index contributed by atoms with van der Waals surface area (Å²) in [5.41, 5.74) is 0.749. The molecule has 1 rings (SSSR count). The van der Waals surface area contributed by atoms with Gasteiger partial charge in [0.25, 0.3) is 0 Å². The third kappa shape index (κ3) is 3.32. The number of nitrogens with zero attached hydrogens (tertiary/aromatic N) is 1. The molecule has 0 bridgehead atoms. The molecule has 0 spiro atoms. The molecule has 0 saturated carbocycles. The molecule has 0 unspecified atom stereocenters. The highest BCUT2D eigenvalue weighted by Gasteiger charge is 1.87. The molecule has 0 atom stereocenters. The van der Waals surface area contributed by atoms with Crippen LogP contribution in [0.1, 0.15) is 5.69 Å². The Bertz CT molecular complexity index is 288. The van der Waals surface area contributed by atoms with E-state index in [9.17, 15) is 0 Å². The summed E-state index contributed by atoms with van der Waals surface area (Å²) in [4.78, 5) is 3.99. The van der Waals surface area contributed by atoms with E-state index in [2.05, 4.69) is 37.4 Å². The van der Waals surface area contributed by atoms with Gasteiger partial charge in [-0.3, -0.25) is 0 Å². The van der Waals surface area contributed by atoms with Crippen LogP contribution in [0.3, 0.4) is 0 Å². The standard InChI is InChI=1S/C7H3ClINS/c8-6-1-2-7(10-5-6)3-4-11-9/h1-2,5H. The number of hydrogen-bond donors (Lipinski definition) is 0. The van der Waals surface area contributed by atoms with Crippen LogP contribution < -0.4 is 0 Å². The van der Waals surface area contributed by atoms with E-state index in [1.54, 1.807) is 18.3 Å². The van der Waals surface area contributed by atoms with Crippen molar-refractivity contribution >= 4 is 41.7 Å². The highest BCUT2D eigenvalue weighted by Crippen LogP contribution is 2.08. The second-order valence-corrected chi connectivity index (χ2v) is 3.78. The summed E-state index contributed by atoms with van der Waals surface area (Å²) in [5.74, 6) is 2.86. The quantitative estimate of drug-likeness (QED) is 0.539. The van der Waals surface area contributed by atoms with E-state index < -0.39 is 0 Å². The van der Waals surface area contributed by atoms with Crippen molar-refractivity contribution in [2.24, 2.45) is 0 Å². The maximum absolute atomic E-state index is 5.63. The highest BCUT2D eigenvalue weighted by atomic mass is 127. The monoisotopic (exact) mass is 295 g/mol. The molecule has 1 heterocycles. The maximum Gasteiger partial charge on any atom is 0.114 e. The lowest BCUT2D eigenvalue weighted by molar-refractivity contribution is 1.29. The summed E-state index contributed by atoms with van der Waals surface area (Å²) < 4.78 is 0. The van der Waals surface area contributed by atoms with Gasteiger partial charge in [-0.25, -0.2) is 4.98 Å². The van der Waals surface area contributed by atoms with Gasteiger partial charge in [0.2, 0.25) is 0 Å². The van der Waals surface area contributed by atoms with E-state index in [1.165, 1.54) is 8.93 Å².